The van der Waals surface area contributed by atoms with Gasteiger partial charge in [-0.3, -0.25) is 4.98 Å². The first kappa shape index (κ1) is 42.4. The number of nitrogens with zero attached hydrogens (tertiary/aromatic N) is 3. The molecule has 66 heavy (non-hydrogen) atoms. The smallest absolute Gasteiger partial charge is 0.303 e. The van der Waals surface area contributed by atoms with E-state index in [0.717, 1.165) is 89.4 Å². The molecule has 9 rings (SSSR count). The molecule has 0 N–H and O–H groups in total. The van der Waals surface area contributed by atoms with Crippen LogP contribution in [-0.2, 0) is 37.3 Å². The summed E-state index contributed by atoms with van der Waals surface area (Å²) in [5.74, 6) is 0.827. The van der Waals surface area contributed by atoms with E-state index in [1.807, 2.05) is 30.5 Å². The fourth-order valence-corrected chi connectivity index (χ4v) is 8.83. The number of hydrogen-bond donors (Lipinski definition) is 0. The van der Waals surface area contributed by atoms with Crippen LogP contribution in [-0.4, -0.2) is 14.5 Å². The van der Waals surface area contributed by atoms with Gasteiger partial charge in [0.05, 0.1) is 22.5 Å². The summed E-state index contributed by atoms with van der Waals surface area (Å²) in [5, 5.41) is 0. The van der Waals surface area contributed by atoms with Crippen LogP contribution in [0.2, 0.25) is 0 Å². The summed E-state index contributed by atoms with van der Waals surface area (Å²) in [5.41, 5.74) is 18.0. The van der Waals surface area contributed by atoms with Crippen molar-refractivity contribution in [1.82, 2.24) is 14.5 Å². The molecule has 332 valence electrons. The Labute approximate surface area is 411 Å². The van der Waals surface area contributed by atoms with Crippen molar-refractivity contribution in [2.75, 3.05) is 0 Å². The van der Waals surface area contributed by atoms with Crippen molar-refractivity contribution in [3.63, 3.8) is 0 Å². The van der Waals surface area contributed by atoms with Gasteiger partial charge in [-0.25, -0.2) is 4.98 Å². The van der Waals surface area contributed by atoms with Crippen LogP contribution in [0.1, 0.15) is 94.2 Å². The van der Waals surface area contributed by atoms with Crippen molar-refractivity contribution >= 4 is 11.0 Å². The SMILES string of the molecule is [2H]C([2H])([2H])c1ccc(-c2ccnc(-c3[c-]c(-c4cccc5c4nc(-c4cc(C(C)(C)C)cc(C(C)(C)C)c4[CH2-])n5-c4ccc(C(C)(C)C)cc4-c4ccccc4)cc(-c4ccccc4)c3)c2)cc1.[Pt+2]. The first-order valence-corrected chi connectivity index (χ1v) is 22.6. The summed E-state index contributed by atoms with van der Waals surface area (Å²) < 4.78 is 26.0. The van der Waals surface area contributed by atoms with Gasteiger partial charge in [0.2, 0.25) is 0 Å². The van der Waals surface area contributed by atoms with Crippen LogP contribution in [0.15, 0.2) is 164 Å². The molecule has 4 heteroatoms. The Morgan fingerprint density at radius 3 is 1.82 bits per heavy atom. The third-order valence-electron chi connectivity index (χ3n) is 12.6. The Balaban J connectivity index is 0.00000642. The number of fused-ring (bicyclic) bond motifs is 1. The van der Waals surface area contributed by atoms with Gasteiger partial charge in [-0.15, -0.1) is 41.5 Å². The van der Waals surface area contributed by atoms with Gasteiger partial charge in [-0.05, 0) is 69.8 Å². The third kappa shape index (κ3) is 9.12. The second-order valence-electron chi connectivity index (χ2n) is 20.4. The summed E-state index contributed by atoms with van der Waals surface area (Å²) in [6.07, 6.45) is 1.81. The van der Waals surface area contributed by atoms with E-state index in [1.165, 1.54) is 16.7 Å². The number of hydrogen-bond acceptors (Lipinski definition) is 2. The van der Waals surface area contributed by atoms with Crippen LogP contribution in [0, 0.1) is 19.8 Å². The van der Waals surface area contributed by atoms with Crippen LogP contribution in [0.5, 0.6) is 0 Å². The monoisotopic (exact) mass is 1040 g/mol. The molecule has 0 bridgehead atoms. The standard InChI is InChI=1S/C62H59N3.Pt/c1-40-25-27-43(28-26-40)45-31-32-63-55(36-45)48-34-46(42-19-14-12-15-20-42)33-47(35-48)51-23-18-24-57-58(51)64-59(52-38-50(61(6,7)8)39-54(41(52)2)62(9,10)11)65(57)56-30-29-49(60(3,4)5)37-53(56)44-21-16-13-17-22-44;/h12-34,36-39H,2H2,1,3-11H3;/q-2;+2/i1D3;. The van der Waals surface area contributed by atoms with Crippen molar-refractivity contribution in [3.05, 3.63) is 205 Å². The quantitative estimate of drug-likeness (QED) is 0.149. The van der Waals surface area contributed by atoms with E-state index in [1.54, 1.807) is 12.1 Å². The minimum atomic E-state index is -2.17. The number of rotatable bonds is 7. The van der Waals surface area contributed by atoms with E-state index >= 15 is 0 Å². The second kappa shape index (κ2) is 17.8. The average Bonchev–Trinajstić information content (AvgIpc) is 3.70. The maximum absolute atomic E-state index is 7.88. The van der Waals surface area contributed by atoms with Crippen LogP contribution in [0.25, 0.3) is 83.9 Å². The molecular weight excluding hydrogens is 982 g/mol. The number of aromatic nitrogens is 3. The maximum atomic E-state index is 7.88. The van der Waals surface area contributed by atoms with Crippen molar-refractivity contribution in [2.45, 2.75) is 85.4 Å². The first-order chi connectivity index (χ1) is 32.1. The molecule has 0 radical (unpaired) electrons. The van der Waals surface area contributed by atoms with Crippen molar-refractivity contribution in [2.24, 2.45) is 0 Å². The zero-order valence-corrected chi connectivity index (χ0v) is 41.7. The van der Waals surface area contributed by atoms with E-state index in [0.29, 0.717) is 5.56 Å². The predicted molar refractivity (Wildman–Crippen MR) is 276 cm³/mol. The van der Waals surface area contributed by atoms with Gasteiger partial charge < -0.3 is 4.57 Å². The Morgan fingerprint density at radius 2 is 1.17 bits per heavy atom. The number of aryl methyl sites for hydroxylation is 1. The Hall–Kier alpha value is -6.28. The van der Waals surface area contributed by atoms with E-state index < -0.39 is 6.85 Å². The zero-order valence-electron chi connectivity index (χ0n) is 42.5. The molecule has 0 saturated carbocycles. The molecular formula is C62H59N3Pt. The molecule has 7 aromatic carbocycles. The fourth-order valence-electron chi connectivity index (χ4n) is 8.83. The van der Waals surface area contributed by atoms with Crippen molar-refractivity contribution < 1.29 is 25.2 Å². The number of imidazole rings is 1. The van der Waals surface area contributed by atoms with Crippen molar-refractivity contribution in [1.29, 1.82) is 0 Å². The van der Waals surface area contributed by atoms with Gasteiger partial charge in [-0.1, -0.05) is 210 Å². The number of para-hydroxylation sites is 1. The van der Waals surface area contributed by atoms with Crippen LogP contribution >= 0.6 is 0 Å². The molecule has 0 aliphatic rings. The van der Waals surface area contributed by atoms with Gasteiger partial charge >= 0.3 is 21.1 Å². The molecule has 0 atom stereocenters. The molecule has 9 aromatic rings. The molecule has 0 saturated heterocycles. The second-order valence-corrected chi connectivity index (χ2v) is 20.4. The molecule has 0 amide bonds. The Morgan fingerprint density at radius 1 is 0.530 bits per heavy atom. The molecule has 0 fully saturated rings. The van der Waals surface area contributed by atoms with Gasteiger partial charge in [0.25, 0.3) is 0 Å². The maximum Gasteiger partial charge on any atom is 2.00 e. The van der Waals surface area contributed by atoms with E-state index in [9.17, 15) is 0 Å². The predicted octanol–water partition coefficient (Wildman–Crippen LogP) is 16.6. The molecule has 2 aromatic heterocycles. The van der Waals surface area contributed by atoms with Gasteiger partial charge in [0.1, 0.15) is 0 Å². The van der Waals surface area contributed by atoms with Gasteiger partial charge in [0.15, 0.2) is 0 Å². The normalized spacial score (nSPS) is 12.9. The van der Waals surface area contributed by atoms with E-state index in [-0.39, 0.29) is 37.3 Å². The van der Waals surface area contributed by atoms with Crippen molar-refractivity contribution in [3.8, 4) is 72.8 Å². The minimum Gasteiger partial charge on any atom is -0.303 e. The molecule has 0 aliphatic heterocycles. The van der Waals surface area contributed by atoms with Crippen LogP contribution < -0.4 is 0 Å². The summed E-state index contributed by atoms with van der Waals surface area (Å²) in [6, 6.07) is 58.4. The minimum absolute atomic E-state index is 0. The number of benzene rings is 7. The van der Waals surface area contributed by atoms with Gasteiger partial charge in [0, 0.05) is 21.6 Å². The Kier molecular flexibility index (Phi) is 11.4. The van der Waals surface area contributed by atoms with E-state index in [2.05, 4.69) is 194 Å². The molecule has 2 heterocycles. The topological polar surface area (TPSA) is 30.7 Å². The summed E-state index contributed by atoms with van der Waals surface area (Å²) in [6.45, 7) is 23.1. The largest absolute Gasteiger partial charge is 2.00 e. The molecule has 3 nitrogen and oxygen atoms in total. The summed E-state index contributed by atoms with van der Waals surface area (Å²) in [4.78, 5) is 10.7. The summed E-state index contributed by atoms with van der Waals surface area (Å²) in [7, 11) is 0. The molecule has 0 spiro atoms. The average molecular weight is 1040 g/mol. The first-order valence-electron chi connectivity index (χ1n) is 24.1. The third-order valence-corrected chi connectivity index (χ3v) is 12.6. The summed E-state index contributed by atoms with van der Waals surface area (Å²) >= 11 is 0. The number of pyridine rings is 1. The van der Waals surface area contributed by atoms with E-state index in [4.69, 9.17) is 21.0 Å². The molecule has 0 aliphatic carbocycles. The van der Waals surface area contributed by atoms with Crippen LogP contribution in [0.4, 0.5) is 0 Å². The van der Waals surface area contributed by atoms with Crippen LogP contribution in [0.3, 0.4) is 0 Å². The molecule has 0 unspecified atom stereocenters. The Bertz CT molecular complexity index is 3310. The fraction of sp³-hybridized carbons (Fsp3) is 0.210. The van der Waals surface area contributed by atoms with Gasteiger partial charge in [-0.2, -0.15) is 12.5 Å². The zero-order chi connectivity index (χ0) is 48.3.